The average molecular weight is 493 g/mol. The van der Waals surface area contributed by atoms with Gasteiger partial charge in [0.15, 0.2) is 23.3 Å². The summed E-state index contributed by atoms with van der Waals surface area (Å²) >= 11 is 0. The SMILES string of the molecule is Cc1ccc2ccc(C)c3c2c1-c1c(C)c2c(c(C)c1-3)C(=O)N(c1c(F)c(F)c(F)c(F)c1F)C2=O. The van der Waals surface area contributed by atoms with Crippen LogP contribution < -0.4 is 4.90 Å². The van der Waals surface area contributed by atoms with E-state index in [9.17, 15) is 31.5 Å². The highest BCUT2D eigenvalue weighted by Gasteiger charge is 2.46. The second-order valence-corrected chi connectivity index (χ2v) is 9.23. The Kier molecular flexibility index (Phi) is 4.35. The summed E-state index contributed by atoms with van der Waals surface area (Å²) in [5.41, 5.74) is 4.10. The molecule has 0 radical (unpaired) electrons. The largest absolute Gasteiger partial charge is 0.268 e. The number of nitrogens with zero attached hydrogens (tertiary/aromatic N) is 1. The van der Waals surface area contributed by atoms with Crippen LogP contribution in [0.25, 0.3) is 33.0 Å². The van der Waals surface area contributed by atoms with Crippen LogP contribution in [0, 0.1) is 56.8 Å². The van der Waals surface area contributed by atoms with Crippen LogP contribution in [-0.2, 0) is 0 Å². The van der Waals surface area contributed by atoms with Crippen molar-refractivity contribution in [3.8, 4) is 22.3 Å². The Balaban J connectivity index is 1.70. The van der Waals surface area contributed by atoms with Crippen LogP contribution in [0.1, 0.15) is 43.0 Å². The van der Waals surface area contributed by atoms with Gasteiger partial charge in [-0.15, -0.1) is 0 Å². The van der Waals surface area contributed by atoms with Crippen molar-refractivity contribution in [3.05, 3.63) is 86.7 Å². The number of fused-ring (bicyclic) bond motifs is 4. The average Bonchev–Trinajstić information content (AvgIpc) is 3.35. The Bertz CT molecular complexity index is 1650. The molecule has 0 saturated carbocycles. The molecule has 36 heavy (non-hydrogen) atoms. The molecule has 3 nitrogen and oxygen atoms in total. The predicted molar refractivity (Wildman–Crippen MR) is 125 cm³/mol. The molecule has 1 heterocycles. The molecule has 0 fully saturated rings. The molecule has 180 valence electrons. The molecule has 6 rings (SSSR count). The fourth-order valence-corrected chi connectivity index (χ4v) is 5.74. The molecule has 8 heteroatoms. The molecular weight excluding hydrogens is 477 g/mol. The lowest BCUT2D eigenvalue weighted by Crippen LogP contribution is -2.32. The molecule has 1 aliphatic carbocycles. The number of aryl methyl sites for hydroxylation is 2. The van der Waals surface area contributed by atoms with E-state index in [-0.39, 0.29) is 16.0 Å². The van der Waals surface area contributed by atoms with E-state index in [2.05, 4.69) is 0 Å². The van der Waals surface area contributed by atoms with Crippen molar-refractivity contribution in [2.45, 2.75) is 27.7 Å². The van der Waals surface area contributed by atoms with Gasteiger partial charge in [0.25, 0.3) is 11.8 Å². The number of imide groups is 1. The number of hydrogen-bond donors (Lipinski definition) is 0. The number of hydrogen-bond acceptors (Lipinski definition) is 2. The summed E-state index contributed by atoms with van der Waals surface area (Å²) in [6.07, 6.45) is 0. The monoisotopic (exact) mass is 493 g/mol. The molecule has 0 aromatic heterocycles. The molecule has 0 unspecified atom stereocenters. The Morgan fingerprint density at radius 2 is 0.917 bits per heavy atom. The first-order valence-electron chi connectivity index (χ1n) is 11.1. The normalized spacial score (nSPS) is 13.8. The van der Waals surface area contributed by atoms with E-state index in [1.165, 1.54) is 0 Å². The lowest BCUT2D eigenvalue weighted by atomic mass is 9.86. The van der Waals surface area contributed by atoms with Gasteiger partial charge in [-0.25, -0.2) is 26.9 Å². The van der Waals surface area contributed by atoms with E-state index in [1.807, 2.05) is 38.1 Å². The van der Waals surface area contributed by atoms with Gasteiger partial charge in [0, 0.05) is 0 Å². The first-order chi connectivity index (χ1) is 17.0. The molecule has 1 aliphatic heterocycles. The Labute approximate surface area is 201 Å². The summed E-state index contributed by atoms with van der Waals surface area (Å²) in [6, 6.07) is 7.87. The first kappa shape index (κ1) is 22.4. The van der Waals surface area contributed by atoms with Gasteiger partial charge in [-0.05, 0) is 83.0 Å². The van der Waals surface area contributed by atoms with Crippen molar-refractivity contribution in [2.24, 2.45) is 0 Å². The number of carbonyl (C=O) groups is 2. The van der Waals surface area contributed by atoms with Gasteiger partial charge in [0.2, 0.25) is 5.82 Å². The van der Waals surface area contributed by atoms with Gasteiger partial charge in [-0.2, -0.15) is 0 Å². The number of carbonyl (C=O) groups excluding carboxylic acids is 2. The first-order valence-corrected chi connectivity index (χ1v) is 11.1. The number of halogens is 5. The standard InChI is InChI=1S/C28H16F5NO2/c1-9-5-7-13-8-6-10(2)15-17-12(4)19-18(11(3)16(17)14(9)20(13)15)27(35)34(28(19)36)26-24(32)22(30)21(29)23(31)25(26)33/h5-8H,1-4H3. The Morgan fingerprint density at radius 1 is 0.528 bits per heavy atom. The van der Waals surface area contributed by atoms with Crippen molar-refractivity contribution >= 4 is 28.3 Å². The van der Waals surface area contributed by atoms with Crippen molar-refractivity contribution in [1.29, 1.82) is 0 Å². The van der Waals surface area contributed by atoms with Crippen molar-refractivity contribution in [1.82, 2.24) is 0 Å². The van der Waals surface area contributed by atoms with Crippen LogP contribution in [0.15, 0.2) is 24.3 Å². The third-order valence-electron chi connectivity index (χ3n) is 7.35. The maximum Gasteiger partial charge on any atom is 0.266 e. The Morgan fingerprint density at radius 3 is 1.33 bits per heavy atom. The van der Waals surface area contributed by atoms with Crippen LogP contribution in [0.4, 0.5) is 27.6 Å². The molecule has 2 amide bonds. The van der Waals surface area contributed by atoms with Gasteiger partial charge in [-0.3, -0.25) is 9.59 Å². The van der Waals surface area contributed by atoms with E-state index in [4.69, 9.17) is 0 Å². The van der Waals surface area contributed by atoms with Crippen LogP contribution in [-0.4, -0.2) is 11.8 Å². The lowest BCUT2D eigenvalue weighted by molar-refractivity contribution is 0.0922. The summed E-state index contributed by atoms with van der Waals surface area (Å²) in [4.78, 5) is 27.0. The third kappa shape index (κ3) is 2.41. The minimum atomic E-state index is -2.37. The number of rotatable bonds is 1. The van der Waals surface area contributed by atoms with Gasteiger partial charge in [0.05, 0.1) is 11.1 Å². The van der Waals surface area contributed by atoms with E-state index < -0.39 is 46.6 Å². The molecule has 0 N–H and O–H groups in total. The maximum atomic E-state index is 14.6. The van der Waals surface area contributed by atoms with Crippen molar-refractivity contribution < 1.29 is 31.5 Å². The van der Waals surface area contributed by atoms with Crippen LogP contribution in [0.2, 0.25) is 0 Å². The lowest BCUT2D eigenvalue weighted by Gasteiger charge is -2.17. The summed E-state index contributed by atoms with van der Waals surface area (Å²) in [5, 5.41) is 1.96. The van der Waals surface area contributed by atoms with E-state index in [1.54, 1.807) is 13.8 Å². The van der Waals surface area contributed by atoms with E-state index >= 15 is 0 Å². The van der Waals surface area contributed by atoms with Crippen LogP contribution in [0.3, 0.4) is 0 Å². The highest BCUT2D eigenvalue weighted by molar-refractivity contribution is 6.37. The van der Waals surface area contributed by atoms with Gasteiger partial charge in [0.1, 0.15) is 5.69 Å². The topological polar surface area (TPSA) is 37.4 Å². The predicted octanol–water partition coefficient (Wildman–Crippen LogP) is 7.22. The molecule has 0 bridgehead atoms. The third-order valence-corrected chi connectivity index (χ3v) is 7.35. The molecule has 0 saturated heterocycles. The zero-order valence-corrected chi connectivity index (χ0v) is 19.5. The second-order valence-electron chi connectivity index (χ2n) is 9.23. The van der Waals surface area contributed by atoms with Gasteiger partial charge in [-0.1, -0.05) is 24.3 Å². The molecule has 2 aliphatic rings. The highest BCUT2D eigenvalue weighted by Crippen LogP contribution is 2.55. The van der Waals surface area contributed by atoms with E-state index in [0.717, 1.165) is 44.2 Å². The summed E-state index contributed by atoms with van der Waals surface area (Å²) in [7, 11) is 0. The fourth-order valence-electron chi connectivity index (χ4n) is 5.74. The molecule has 4 aromatic rings. The number of amides is 2. The minimum Gasteiger partial charge on any atom is -0.268 e. The quantitative estimate of drug-likeness (QED) is 0.107. The zero-order chi connectivity index (χ0) is 26.0. The highest BCUT2D eigenvalue weighted by atomic mass is 19.2. The minimum absolute atomic E-state index is 0.0578. The van der Waals surface area contributed by atoms with Gasteiger partial charge >= 0.3 is 0 Å². The maximum absolute atomic E-state index is 14.6. The summed E-state index contributed by atoms with van der Waals surface area (Å²) in [6.45, 7) is 7.10. The molecule has 0 atom stereocenters. The Hall–Kier alpha value is -4.07. The van der Waals surface area contributed by atoms with Crippen molar-refractivity contribution in [3.63, 3.8) is 0 Å². The van der Waals surface area contributed by atoms with E-state index in [0.29, 0.717) is 11.1 Å². The fraction of sp³-hybridized carbons (Fsp3) is 0.143. The molecule has 4 aromatic carbocycles. The van der Waals surface area contributed by atoms with Gasteiger partial charge < -0.3 is 0 Å². The number of benzene rings is 4. The number of anilines is 1. The summed E-state index contributed by atoms with van der Waals surface area (Å²) < 4.78 is 70.9. The zero-order valence-electron chi connectivity index (χ0n) is 19.5. The van der Waals surface area contributed by atoms with Crippen LogP contribution in [0.5, 0.6) is 0 Å². The molecular formula is C28H16F5NO2. The van der Waals surface area contributed by atoms with Crippen molar-refractivity contribution in [2.75, 3.05) is 4.90 Å². The smallest absolute Gasteiger partial charge is 0.266 e. The second kappa shape index (κ2) is 7.00. The molecule has 0 spiro atoms. The summed E-state index contributed by atoms with van der Waals surface area (Å²) in [5.74, 6) is -13.6. The van der Waals surface area contributed by atoms with Crippen LogP contribution >= 0.6 is 0 Å².